The number of halogens is 2. The van der Waals surface area contributed by atoms with Crippen molar-refractivity contribution < 1.29 is 4.39 Å². The fourth-order valence-corrected chi connectivity index (χ4v) is 3.97. The maximum absolute atomic E-state index is 13.5. The second-order valence-corrected chi connectivity index (χ2v) is 7.13. The summed E-state index contributed by atoms with van der Waals surface area (Å²) in [5.41, 5.74) is 0.966. The highest BCUT2D eigenvalue weighted by molar-refractivity contribution is 7.99. The molecule has 0 bridgehead atoms. The molecule has 1 saturated carbocycles. The first-order valence-electron chi connectivity index (χ1n) is 6.92. The molecular formula is C15H21ClFNS. The van der Waals surface area contributed by atoms with Gasteiger partial charge in [0.1, 0.15) is 5.82 Å². The molecule has 1 aliphatic carbocycles. The Kier molecular flexibility index (Phi) is 5.55. The zero-order valence-corrected chi connectivity index (χ0v) is 13.0. The van der Waals surface area contributed by atoms with Gasteiger partial charge in [0.05, 0.1) is 5.02 Å². The average Bonchev–Trinajstić information content (AvgIpc) is 2.80. The van der Waals surface area contributed by atoms with Gasteiger partial charge in [-0.3, -0.25) is 0 Å². The molecule has 1 nitrogen and oxygen atoms in total. The highest BCUT2D eigenvalue weighted by atomic mass is 35.5. The third kappa shape index (κ3) is 4.11. The van der Waals surface area contributed by atoms with E-state index in [0.717, 1.165) is 10.8 Å². The van der Waals surface area contributed by atoms with Gasteiger partial charge in [-0.05, 0) is 49.6 Å². The fraction of sp³-hybridized carbons (Fsp3) is 0.600. The molecule has 0 aromatic heterocycles. The van der Waals surface area contributed by atoms with Crippen LogP contribution in [0.25, 0.3) is 0 Å². The molecule has 0 aliphatic heterocycles. The van der Waals surface area contributed by atoms with Crippen molar-refractivity contribution in [3.8, 4) is 0 Å². The van der Waals surface area contributed by atoms with Crippen molar-refractivity contribution in [2.24, 2.45) is 0 Å². The second-order valence-electron chi connectivity index (χ2n) is 5.15. The molecule has 3 unspecified atom stereocenters. The number of hydrogen-bond acceptors (Lipinski definition) is 2. The molecule has 0 amide bonds. The number of benzene rings is 1. The van der Waals surface area contributed by atoms with Crippen LogP contribution < -0.4 is 5.32 Å². The first-order chi connectivity index (χ1) is 9.10. The number of nitrogens with one attached hydrogen (secondary N) is 1. The molecule has 1 N–H and O–H groups in total. The molecule has 1 aromatic rings. The summed E-state index contributed by atoms with van der Waals surface area (Å²) in [7, 11) is 0. The molecule has 19 heavy (non-hydrogen) atoms. The minimum absolute atomic E-state index is 0.169. The summed E-state index contributed by atoms with van der Waals surface area (Å²) in [5, 5.41) is 4.59. The van der Waals surface area contributed by atoms with Gasteiger partial charge in [-0.2, -0.15) is 11.8 Å². The van der Waals surface area contributed by atoms with Gasteiger partial charge in [0.25, 0.3) is 0 Å². The molecule has 0 radical (unpaired) electrons. The lowest BCUT2D eigenvalue weighted by atomic mass is 10.1. The van der Waals surface area contributed by atoms with Crippen LogP contribution in [0.5, 0.6) is 0 Å². The zero-order valence-electron chi connectivity index (χ0n) is 11.5. The van der Waals surface area contributed by atoms with Gasteiger partial charge in [0.2, 0.25) is 0 Å². The Labute approximate surface area is 124 Å². The number of rotatable bonds is 5. The molecule has 106 valence electrons. The van der Waals surface area contributed by atoms with E-state index in [1.165, 1.54) is 31.1 Å². The minimum atomic E-state index is -0.335. The zero-order chi connectivity index (χ0) is 13.8. The largest absolute Gasteiger partial charge is 0.307 e. The predicted octanol–water partition coefficient (Wildman–Crippen LogP) is 4.80. The smallest absolute Gasteiger partial charge is 0.142 e. The van der Waals surface area contributed by atoms with Crippen molar-refractivity contribution in [3.63, 3.8) is 0 Å². The van der Waals surface area contributed by atoms with Gasteiger partial charge >= 0.3 is 0 Å². The summed E-state index contributed by atoms with van der Waals surface area (Å²) in [4.78, 5) is 0. The molecule has 1 aromatic carbocycles. The lowest BCUT2D eigenvalue weighted by Gasteiger charge is -2.20. The molecular weight excluding hydrogens is 281 g/mol. The van der Waals surface area contributed by atoms with Crippen molar-refractivity contribution in [2.75, 3.05) is 5.75 Å². The van der Waals surface area contributed by atoms with Crippen LogP contribution in [0, 0.1) is 5.82 Å². The van der Waals surface area contributed by atoms with E-state index in [2.05, 4.69) is 30.9 Å². The maximum atomic E-state index is 13.5. The van der Waals surface area contributed by atoms with E-state index in [1.54, 1.807) is 6.07 Å². The van der Waals surface area contributed by atoms with Crippen molar-refractivity contribution in [2.45, 2.75) is 50.4 Å². The second kappa shape index (κ2) is 6.96. The summed E-state index contributed by atoms with van der Waals surface area (Å²) in [5.74, 6) is 0.855. The standard InChI is InChI=1S/C15H21ClFNS/c1-3-19-13-6-5-12(9-13)18-10(2)11-4-7-14(16)15(17)8-11/h4,7-8,10,12-13,18H,3,5-6,9H2,1-2H3. The van der Waals surface area contributed by atoms with E-state index in [4.69, 9.17) is 11.6 Å². The van der Waals surface area contributed by atoms with E-state index in [-0.39, 0.29) is 16.9 Å². The van der Waals surface area contributed by atoms with Crippen LogP contribution in [0.2, 0.25) is 5.02 Å². The lowest BCUT2D eigenvalue weighted by Crippen LogP contribution is -2.29. The fourth-order valence-electron chi connectivity index (χ4n) is 2.71. The number of thioether (sulfide) groups is 1. The van der Waals surface area contributed by atoms with Gasteiger partial charge < -0.3 is 5.32 Å². The third-order valence-electron chi connectivity index (χ3n) is 3.72. The van der Waals surface area contributed by atoms with E-state index in [9.17, 15) is 4.39 Å². The van der Waals surface area contributed by atoms with E-state index in [1.807, 2.05) is 6.07 Å². The molecule has 4 heteroatoms. The Morgan fingerprint density at radius 2 is 2.26 bits per heavy atom. The summed E-state index contributed by atoms with van der Waals surface area (Å²) in [6.45, 7) is 4.30. The summed E-state index contributed by atoms with van der Waals surface area (Å²) in [6, 6.07) is 5.79. The van der Waals surface area contributed by atoms with Gasteiger partial charge in [0, 0.05) is 17.3 Å². The number of hydrogen-bond donors (Lipinski definition) is 1. The Hall–Kier alpha value is -0.250. The molecule has 0 heterocycles. The SMILES string of the molecule is CCSC1CCC(NC(C)c2ccc(Cl)c(F)c2)C1. The predicted molar refractivity (Wildman–Crippen MR) is 82.5 cm³/mol. The highest BCUT2D eigenvalue weighted by Crippen LogP contribution is 2.31. The van der Waals surface area contributed by atoms with E-state index < -0.39 is 0 Å². The Bertz CT molecular complexity index is 427. The van der Waals surface area contributed by atoms with Crippen LogP contribution in [0.4, 0.5) is 4.39 Å². The van der Waals surface area contributed by atoms with E-state index in [0.29, 0.717) is 6.04 Å². The van der Waals surface area contributed by atoms with Crippen molar-refractivity contribution in [1.82, 2.24) is 5.32 Å². The quantitative estimate of drug-likeness (QED) is 0.838. The van der Waals surface area contributed by atoms with Crippen molar-refractivity contribution in [1.29, 1.82) is 0 Å². The van der Waals surface area contributed by atoms with Crippen LogP contribution >= 0.6 is 23.4 Å². The molecule has 1 aliphatic rings. The highest BCUT2D eigenvalue weighted by Gasteiger charge is 2.25. The van der Waals surface area contributed by atoms with Gasteiger partial charge in [0.15, 0.2) is 0 Å². The van der Waals surface area contributed by atoms with Crippen molar-refractivity contribution in [3.05, 3.63) is 34.6 Å². The van der Waals surface area contributed by atoms with Crippen LogP contribution in [0.15, 0.2) is 18.2 Å². The van der Waals surface area contributed by atoms with Crippen LogP contribution in [-0.4, -0.2) is 17.0 Å². The monoisotopic (exact) mass is 301 g/mol. The molecule has 1 fully saturated rings. The van der Waals surface area contributed by atoms with Gasteiger partial charge in [-0.1, -0.05) is 24.6 Å². The van der Waals surface area contributed by atoms with Gasteiger partial charge in [-0.25, -0.2) is 4.39 Å². The Morgan fingerprint density at radius 3 is 2.95 bits per heavy atom. The first kappa shape index (κ1) is 15.1. The summed E-state index contributed by atoms with van der Waals surface area (Å²) < 4.78 is 13.5. The van der Waals surface area contributed by atoms with Crippen LogP contribution in [0.3, 0.4) is 0 Å². The van der Waals surface area contributed by atoms with Gasteiger partial charge in [-0.15, -0.1) is 0 Å². The molecule has 0 saturated heterocycles. The van der Waals surface area contributed by atoms with Crippen LogP contribution in [0.1, 0.15) is 44.7 Å². The first-order valence-corrected chi connectivity index (χ1v) is 8.35. The normalized spacial score (nSPS) is 24.6. The maximum Gasteiger partial charge on any atom is 0.142 e. The average molecular weight is 302 g/mol. The lowest BCUT2D eigenvalue weighted by molar-refractivity contribution is 0.460. The minimum Gasteiger partial charge on any atom is -0.307 e. The van der Waals surface area contributed by atoms with Crippen molar-refractivity contribution >= 4 is 23.4 Å². The Morgan fingerprint density at radius 1 is 1.47 bits per heavy atom. The molecule has 2 rings (SSSR count). The Balaban J connectivity index is 1.90. The summed E-state index contributed by atoms with van der Waals surface area (Å²) >= 11 is 7.76. The van der Waals surface area contributed by atoms with Crippen LogP contribution in [-0.2, 0) is 0 Å². The summed E-state index contributed by atoms with van der Waals surface area (Å²) in [6.07, 6.45) is 3.73. The van der Waals surface area contributed by atoms with E-state index >= 15 is 0 Å². The molecule has 0 spiro atoms. The third-order valence-corrected chi connectivity index (χ3v) is 5.26. The molecule has 3 atom stereocenters. The topological polar surface area (TPSA) is 12.0 Å².